The van der Waals surface area contributed by atoms with Crippen molar-refractivity contribution in [1.82, 2.24) is 5.32 Å². The molecule has 0 radical (unpaired) electrons. The minimum atomic E-state index is -2.90. The van der Waals surface area contributed by atoms with Gasteiger partial charge in [-0.1, -0.05) is 42.5 Å². The van der Waals surface area contributed by atoms with Crippen LogP contribution in [-0.2, 0) is 11.3 Å². The summed E-state index contributed by atoms with van der Waals surface area (Å²) >= 11 is 1.24. The van der Waals surface area contributed by atoms with Crippen LogP contribution >= 0.6 is 11.8 Å². The van der Waals surface area contributed by atoms with Gasteiger partial charge in [0.05, 0.1) is 11.3 Å². The number of ether oxygens (including phenoxy) is 1. The van der Waals surface area contributed by atoms with E-state index in [1.54, 1.807) is 24.3 Å². The molecule has 0 atom stereocenters. The predicted molar refractivity (Wildman–Crippen MR) is 116 cm³/mol. The van der Waals surface area contributed by atoms with Crippen LogP contribution < -0.4 is 15.4 Å². The molecule has 0 aliphatic carbocycles. The molecule has 0 saturated carbocycles. The van der Waals surface area contributed by atoms with Crippen molar-refractivity contribution in [3.63, 3.8) is 0 Å². The first-order chi connectivity index (χ1) is 15.0. The molecular formula is C23H20F2N2O3S. The fourth-order valence-corrected chi connectivity index (χ4v) is 3.56. The highest BCUT2D eigenvalue weighted by molar-refractivity contribution is 8.00. The molecule has 2 amide bonds. The summed E-state index contributed by atoms with van der Waals surface area (Å²) in [5.41, 5.74) is 1.94. The molecule has 0 heterocycles. The number of alkyl halides is 2. The maximum absolute atomic E-state index is 12.6. The smallest absolute Gasteiger partial charge is 0.387 e. The molecule has 0 saturated heterocycles. The third-order valence-electron chi connectivity index (χ3n) is 4.15. The van der Waals surface area contributed by atoms with Crippen LogP contribution in [0.15, 0.2) is 83.8 Å². The number of amides is 2. The summed E-state index contributed by atoms with van der Waals surface area (Å²) in [6, 6.07) is 22.3. The Bertz CT molecular complexity index is 1010. The number of nitrogens with one attached hydrogen (secondary N) is 2. The Morgan fingerprint density at radius 2 is 1.58 bits per heavy atom. The fourth-order valence-electron chi connectivity index (χ4n) is 2.71. The van der Waals surface area contributed by atoms with Crippen LogP contribution in [0.4, 0.5) is 14.5 Å². The lowest BCUT2D eigenvalue weighted by atomic mass is 10.2. The molecule has 0 spiro atoms. The van der Waals surface area contributed by atoms with Gasteiger partial charge in [-0.3, -0.25) is 9.59 Å². The Hall–Kier alpha value is -3.39. The average Bonchev–Trinajstić information content (AvgIpc) is 2.78. The topological polar surface area (TPSA) is 67.4 Å². The number of carbonyl (C=O) groups excluding carboxylic acids is 2. The number of anilines is 1. The van der Waals surface area contributed by atoms with E-state index in [0.29, 0.717) is 22.7 Å². The van der Waals surface area contributed by atoms with Crippen LogP contribution in [0.3, 0.4) is 0 Å². The molecule has 3 rings (SSSR count). The molecule has 2 N–H and O–H groups in total. The summed E-state index contributed by atoms with van der Waals surface area (Å²) in [5.74, 6) is -0.412. The molecule has 160 valence electrons. The van der Waals surface area contributed by atoms with Gasteiger partial charge >= 0.3 is 6.61 Å². The average molecular weight is 442 g/mol. The number of hydrogen-bond donors (Lipinski definition) is 2. The summed E-state index contributed by atoms with van der Waals surface area (Å²) < 4.78 is 28.7. The quantitative estimate of drug-likeness (QED) is 0.460. The Morgan fingerprint density at radius 3 is 2.29 bits per heavy atom. The van der Waals surface area contributed by atoms with Gasteiger partial charge in [-0.15, -0.1) is 11.8 Å². The number of carbonyl (C=O) groups is 2. The van der Waals surface area contributed by atoms with Crippen molar-refractivity contribution >= 4 is 29.3 Å². The first kappa shape index (κ1) is 22.3. The largest absolute Gasteiger partial charge is 0.435 e. The standard InChI is InChI=1S/C23H20F2N2O3S/c24-23(25)30-18-12-10-17(11-13-18)27-21(28)15-31-20-9-5-4-8-19(20)22(29)26-14-16-6-2-1-3-7-16/h1-13,23H,14-15H2,(H,26,29)(H,27,28). The molecule has 0 aromatic heterocycles. The molecule has 8 heteroatoms. The lowest BCUT2D eigenvalue weighted by Crippen LogP contribution is -2.23. The van der Waals surface area contributed by atoms with E-state index in [1.807, 2.05) is 30.3 Å². The van der Waals surface area contributed by atoms with Gasteiger partial charge in [-0.05, 0) is 42.0 Å². The highest BCUT2D eigenvalue weighted by Crippen LogP contribution is 2.23. The van der Waals surface area contributed by atoms with Crippen LogP contribution in [0.5, 0.6) is 5.75 Å². The van der Waals surface area contributed by atoms with E-state index in [0.717, 1.165) is 5.56 Å². The van der Waals surface area contributed by atoms with Crippen molar-refractivity contribution in [2.45, 2.75) is 18.1 Å². The lowest BCUT2D eigenvalue weighted by molar-refractivity contribution is -0.113. The van der Waals surface area contributed by atoms with Crippen molar-refractivity contribution in [2.24, 2.45) is 0 Å². The van der Waals surface area contributed by atoms with Crippen molar-refractivity contribution in [3.8, 4) is 5.75 Å². The van der Waals surface area contributed by atoms with E-state index in [-0.39, 0.29) is 23.3 Å². The van der Waals surface area contributed by atoms with Crippen LogP contribution in [0.25, 0.3) is 0 Å². The molecule has 0 fully saturated rings. The second-order valence-corrected chi connectivity index (χ2v) is 7.42. The highest BCUT2D eigenvalue weighted by Gasteiger charge is 2.13. The Kier molecular flexibility index (Phi) is 8.00. The summed E-state index contributed by atoms with van der Waals surface area (Å²) in [6.45, 7) is -2.49. The number of hydrogen-bond acceptors (Lipinski definition) is 4. The monoisotopic (exact) mass is 442 g/mol. The van der Waals surface area contributed by atoms with E-state index in [1.165, 1.54) is 36.0 Å². The highest BCUT2D eigenvalue weighted by atomic mass is 32.2. The summed E-state index contributed by atoms with van der Waals surface area (Å²) in [4.78, 5) is 25.5. The molecular weight excluding hydrogens is 422 g/mol. The van der Waals surface area contributed by atoms with Gasteiger partial charge < -0.3 is 15.4 Å². The predicted octanol–water partition coefficient (Wildman–Crippen LogP) is 4.95. The zero-order chi connectivity index (χ0) is 22.1. The first-order valence-corrected chi connectivity index (χ1v) is 10.4. The van der Waals surface area contributed by atoms with Crippen molar-refractivity contribution < 1.29 is 23.1 Å². The molecule has 5 nitrogen and oxygen atoms in total. The van der Waals surface area contributed by atoms with Crippen molar-refractivity contribution in [1.29, 1.82) is 0 Å². The first-order valence-electron chi connectivity index (χ1n) is 9.40. The van der Waals surface area contributed by atoms with Crippen molar-refractivity contribution in [2.75, 3.05) is 11.1 Å². The van der Waals surface area contributed by atoms with Gasteiger partial charge in [-0.25, -0.2) is 0 Å². The second kappa shape index (κ2) is 11.1. The van der Waals surface area contributed by atoms with Crippen LogP contribution in [0, 0.1) is 0 Å². The number of halogens is 2. The van der Waals surface area contributed by atoms with E-state index >= 15 is 0 Å². The second-order valence-electron chi connectivity index (χ2n) is 6.40. The van der Waals surface area contributed by atoms with E-state index < -0.39 is 6.61 Å². The van der Waals surface area contributed by atoms with Crippen molar-refractivity contribution in [3.05, 3.63) is 90.0 Å². The van der Waals surface area contributed by atoms with Crippen LogP contribution in [-0.4, -0.2) is 24.2 Å². The maximum atomic E-state index is 12.6. The van der Waals surface area contributed by atoms with E-state index in [2.05, 4.69) is 15.4 Å². The van der Waals surface area contributed by atoms with Gasteiger partial charge in [-0.2, -0.15) is 8.78 Å². The molecule has 0 bridgehead atoms. The van der Waals surface area contributed by atoms with Gasteiger partial charge in [0.25, 0.3) is 5.91 Å². The minimum Gasteiger partial charge on any atom is -0.435 e. The summed E-state index contributed by atoms with van der Waals surface area (Å²) in [6.07, 6.45) is 0. The lowest BCUT2D eigenvalue weighted by Gasteiger charge is -2.11. The molecule has 0 unspecified atom stereocenters. The summed E-state index contributed by atoms with van der Waals surface area (Å²) in [5, 5.41) is 5.57. The van der Waals surface area contributed by atoms with E-state index in [4.69, 9.17) is 0 Å². The zero-order valence-corrected chi connectivity index (χ0v) is 17.2. The van der Waals surface area contributed by atoms with Gasteiger partial charge in [0.2, 0.25) is 5.91 Å². The SMILES string of the molecule is O=C(CSc1ccccc1C(=O)NCc1ccccc1)Nc1ccc(OC(F)F)cc1. The number of benzene rings is 3. The molecule has 0 aliphatic rings. The molecule has 3 aromatic rings. The molecule has 31 heavy (non-hydrogen) atoms. The third kappa shape index (κ3) is 7.11. The summed E-state index contributed by atoms with van der Waals surface area (Å²) in [7, 11) is 0. The Labute approximate surface area is 182 Å². The molecule has 0 aliphatic heterocycles. The van der Waals surface area contributed by atoms with E-state index in [9.17, 15) is 18.4 Å². The Morgan fingerprint density at radius 1 is 0.903 bits per heavy atom. The van der Waals surface area contributed by atoms with Crippen LogP contribution in [0.1, 0.15) is 15.9 Å². The van der Waals surface area contributed by atoms with Gasteiger partial charge in [0, 0.05) is 17.1 Å². The maximum Gasteiger partial charge on any atom is 0.387 e. The van der Waals surface area contributed by atoms with Gasteiger partial charge in [0.15, 0.2) is 0 Å². The Balaban J connectivity index is 1.54. The normalized spacial score (nSPS) is 10.5. The minimum absolute atomic E-state index is 0.0119. The molecule has 3 aromatic carbocycles. The third-order valence-corrected chi connectivity index (χ3v) is 5.22. The number of rotatable bonds is 9. The number of thioether (sulfide) groups is 1. The fraction of sp³-hybridized carbons (Fsp3) is 0.130. The van der Waals surface area contributed by atoms with Gasteiger partial charge in [0.1, 0.15) is 5.75 Å². The van der Waals surface area contributed by atoms with Crippen LogP contribution in [0.2, 0.25) is 0 Å². The zero-order valence-electron chi connectivity index (χ0n) is 16.4.